The summed E-state index contributed by atoms with van der Waals surface area (Å²) in [5.74, 6) is 0.312. The van der Waals surface area contributed by atoms with Gasteiger partial charge in [-0.15, -0.1) is 0 Å². The Kier molecular flexibility index (Phi) is 3.42. The third-order valence-electron chi connectivity index (χ3n) is 3.66. The van der Waals surface area contributed by atoms with Gasteiger partial charge in [0.1, 0.15) is 17.8 Å². The van der Waals surface area contributed by atoms with Crippen LogP contribution in [0.5, 0.6) is 5.75 Å². The first kappa shape index (κ1) is 12.7. The van der Waals surface area contributed by atoms with Crippen LogP contribution in [0.25, 0.3) is 0 Å². The van der Waals surface area contributed by atoms with E-state index in [0.717, 1.165) is 16.9 Å². The van der Waals surface area contributed by atoms with E-state index in [0.29, 0.717) is 6.42 Å². The summed E-state index contributed by atoms with van der Waals surface area (Å²) >= 11 is 0. The van der Waals surface area contributed by atoms with Crippen molar-refractivity contribution in [3.05, 3.63) is 65.7 Å². The number of carbonyl (C=O) groups is 1. The van der Waals surface area contributed by atoms with Gasteiger partial charge in [-0.2, -0.15) is 0 Å². The third kappa shape index (κ3) is 2.27. The van der Waals surface area contributed by atoms with Crippen LogP contribution in [0, 0.1) is 5.92 Å². The summed E-state index contributed by atoms with van der Waals surface area (Å²) in [6.45, 7) is 0. The van der Waals surface area contributed by atoms with E-state index >= 15 is 0 Å². The molecular formula is C17H16O3. The predicted molar refractivity (Wildman–Crippen MR) is 75.5 cm³/mol. The lowest BCUT2D eigenvalue weighted by Gasteiger charge is -2.32. The van der Waals surface area contributed by atoms with Gasteiger partial charge in [0.25, 0.3) is 0 Å². The Hall–Kier alpha value is -2.29. The van der Waals surface area contributed by atoms with Gasteiger partial charge in [-0.1, -0.05) is 48.5 Å². The van der Waals surface area contributed by atoms with E-state index in [1.165, 1.54) is 7.11 Å². The predicted octanol–water partition coefficient (Wildman–Crippen LogP) is 3.15. The number of methoxy groups -OCH3 is 1. The molecule has 0 bridgehead atoms. The number of para-hydroxylation sites is 1. The summed E-state index contributed by atoms with van der Waals surface area (Å²) in [7, 11) is 1.42. The van der Waals surface area contributed by atoms with E-state index in [1.807, 2.05) is 54.6 Å². The Morgan fingerprint density at radius 1 is 1.10 bits per heavy atom. The van der Waals surface area contributed by atoms with E-state index in [4.69, 9.17) is 9.47 Å². The van der Waals surface area contributed by atoms with Crippen LogP contribution in [0.4, 0.5) is 0 Å². The molecule has 102 valence electrons. The van der Waals surface area contributed by atoms with Crippen LogP contribution in [0.15, 0.2) is 54.6 Å². The zero-order valence-electron chi connectivity index (χ0n) is 11.3. The molecule has 0 unspecified atom stereocenters. The summed E-state index contributed by atoms with van der Waals surface area (Å²) < 4.78 is 11.0. The van der Waals surface area contributed by atoms with Crippen molar-refractivity contribution >= 4 is 5.97 Å². The summed E-state index contributed by atoms with van der Waals surface area (Å²) in [6, 6.07) is 17.7. The maximum Gasteiger partial charge on any atom is 0.313 e. The number of benzene rings is 2. The molecule has 0 amide bonds. The van der Waals surface area contributed by atoms with Crippen molar-refractivity contribution in [2.75, 3.05) is 7.11 Å². The molecule has 0 N–H and O–H groups in total. The standard InChI is InChI=1S/C17H16O3/c1-19-17(18)14-11-13-9-5-6-10-15(13)20-16(14)12-7-3-2-4-8-12/h2-10,14,16H,11H2,1H3/t14-,16+/m0/s1. The monoisotopic (exact) mass is 268 g/mol. The van der Waals surface area contributed by atoms with E-state index in [-0.39, 0.29) is 18.0 Å². The molecule has 2 aromatic carbocycles. The zero-order chi connectivity index (χ0) is 13.9. The maximum absolute atomic E-state index is 12.1. The Labute approximate surface area is 118 Å². The van der Waals surface area contributed by atoms with Crippen LogP contribution < -0.4 is 4.74 Å². The summed E-state index contributed by atoms with van der Waals surface area (Å²) in [5, 5.41) is 0. The van der Waals surface area contributed by atoms with Gasteiger partial charge in [0, 0.05) is 0 Å². The molecule has 1 aliphatic heterocycles. The van der Waals surface area contributed by atoms with Crippen LogP contribution >= 0.6 is 0 Å². The Morgan fingerprint density at radius 2 is 1.80 bits per heavy atom. The lowest BCUT2D eigenvalue weighted by molar-refractivity contribution is -0.149. The molecule has 0 fully saturated rings. The number of rotatable bonds is 2. The number of hydrogen-bond donors (Lipinski definition) is 0. The van der Waals surface area contributed by atoms with Crippen LogP contribution in [0.1, 0.15) is 17.2 Å². The summed E-state index contributed by atoms with van der Waals surface area (Å²) in [5.41, 5.74) is 2.05. The van der Waals surface area contributed by atoms with Gasteiger partial charge in [0.05, 0.1) is 7.11 Å². The zero-order valence-corrected chi connectivity index (χ0v) is 11.3. The minimum Gasteiger partial charge on any atom is -0.485 e. The minimum absolute atomic E-state index is 0.228. The molecule has 0 saturated heterocycles. The van der Waals surface area contributed by atoms with Crippen molar-refractivity contribution in [1.29, 1.82) is 0 Å². The van der Waals surface area contributed by atoms with Gasteiger partial charge in [-0.3, -0.25) is 4.79 Å². The van der Waals surface area contributed by atoms with Crippen LogP contribution in [0.3, 0.4) is 0 Å². The molecular weight excluding hydrogens is 252 g/mol. The van der Waals surface area contributed by atoms with Crippen LogP contribution in [-0.2, 0) is 16.0 Å². The number of esters is 1. The smallest absolute Gasteiger partial charge is 0.313 e. The maximum atomic E-state index is 12.1. The van der Waals surface area contributed by atoms with Gasteiger partial charge >= 0.3 is 5.97 Å². The van der Waals surface area contributed by atoms with Crippen molar-refractivity contribution in [2.24, 2.45) is 5.92 Å². The molecule has 0 aliphatic carbocycles. The first-order valence-electron chi connectivity index (χ1n) is 6.67. The quantitative estimate of drug-likeness (QED) is 0.785. The average Bonchev–Trinajstić information content (AvgIpc) is 2.53. The Balaban J connectivity index is 2.00. The number of fused-ring (bicyclic) bond motifs is 1. The molecule has 3 nitrogen and oxygen atoms in total. The number of hydrogen-bond acceptors (Lipinski definition) is 3. The lowest BCUT2D eigenvalue weighted by Crippen LogP contribution is -2.32. The fourth-order valence-corrected chi connectivity index (χ4v) is 2.65. The largest absolute Gasteiger partial charge is 0.485 e. The Morgan fingerprint density at radius 3 is 2.55 bits per heavy atom. The number of carbonyl (C=O) groups excluding carboxylic acids is 1. The second kappa shape index (κ2) is 5.37. The van der Waals surface area contributed by atoms with Gasteiger partial charge in [0.2, 0.25) is 0 Å². The molecule has 1 heterocycles. The summed E-state index contributed by atoms with van der Waals surface area (Å²) in [6.07, 6.45) is 0.348. The van der Waals surface area contributed by atoms with Crippen molar-refractivity contribution in [1.82, 2.24) is 0 Å². The highest BCUT2D eigenvalue weighted by Gasteiger charge is 2.36. The van der Waals surface area contributed by atoms with Crippen molar-refractivity contribution in [3.63, 3.8) is 0 Å². The minimum atomic E-state index is -0.308. The normalized spacial score (nSPS) is 20.6. The van der Waals surface area contributed by atoms with Crippen molar-refractivity contribution in [3.8, 4) is 5.75 Å². The molecule has 3 rings (SSSR count). The van der Waals surface area contributed by atoms with Crippen molar-refractivity contribution < 1.29 is 14.3 Å². The average molecular weight is 268 g/mol. The SMILES string of the molecule is COC(=O)[C@H]1Cc2ccccc2O[C@@H]1c1ccccc1. The van der Waals surface area contributed by atoms with E-state index < -0.39 is 0 Å². The first-order chi connectivity index (χ1) is 9.79. The van der Waals surface area contributed by atoms with E-state index in [2.05, 4.69) is 0 Å². The van der Waals surface area contributed by atoms with Crippen LogP contribution in [0.2, 0.25) is 0 Å². The van der Waals surface area contributed by atoms with Gasteiger partial charge in [0.15, 0.2) is 0 Å². The highest BCUT2D eigenvalue weighted by molar-refractivity contribution is 5.74. The Bertz CT molecular complexity index is 607. The second-order valence-electron chi connectivity index (χ2n) is 4.89. The first-order valence-corrected chi connectivity index (χ1v) is 6.67. The van der Waals surface area contributed by atoms with Gasteiger partial charge in [-0.25, -0.2) is 0 Å². The topological polar surface area (TPSA) is 35.5 Å². The molecule has 1 aliphatic rings. The third-order valence-corrected chi connectivity index (χ3v) is 3.66. The fourth-order valence-electron chi connectivity index (χ4n) is 2.65. The fraction of sp³-hybridized carbons (Fsp3) is 0.235. The van der Waals surface area contributed by atoms with Crippen LogP contribution in [-0.4, -0.2) is 13.1 Å². The highest BCUT2D eigenvalue weighted by Crippen LogP contribution is 2.39. The molecule has 2 atom stereocenters. The van der Waals surface area contributed by atoms with Crippen molar-refractivity contribution in [2.45, 2.75) is 12.5 Å². The molecule has 0 radical (unpaired) electrons. The second-order valence-corrected chi connectivity index (χ2v) is 4.89. The molecule has 0 saturated carbocycles. The molecule has 20 heavy (non-hydrogen) atoms. The molecule has 0 spiro atoms. The highest BCUT2D eigenvalue weighted by atomic mass is 16.5. The van der Waals surface area contributed by atoms with E-state index in [1.54, 1.807) is 0 Å². The molecule has 0 aromatic heterocycles. The lowest BCUT2D eigenvalue weighted by atomic mass is 9.87. The van der Waals surface area contributed by atoms with E-state index in [9.17, 15) is 4.79 Å². The molecule has 3 heteroatoms. The van der Waals surface area contributed by atoms with Gasteiger partial charge < -0.3 is 9.47 Å². The van der Waals surface area contributed by atoms with Gasteiger partial charge in [-0.05, 0) is 23.6 Å². The molecule has 2 aromatic rings. The number of ether oxygens (including phenoxy) is 2. The summed E-state index contributed by atoms with van der Waals surface area (Å²) in [4.78, 5) is 12.1.